The summed E-state index contributed by atoms with van der Waals surface area (Å²) in [4.78, 5) is 30.9. The lowest BCUT2D eigenvalue weighted by Crippen LogP contribution is -2.30. The molecule has 5 heteroatoms. The zero-order valence-electron chi connectivity index (χ0n) is 13.2. The minimum atomic E-state index is -0.298. The van der Waals surface area contributed by atoms with Crippen molar-refractivity contribution in [1.29, 1.82) is 0 Å². The number of nitrogens with zero attached hydrogens (tertiary/aromatic N) is 2. The number of hydrogen-bond donors (Lipinski definition) is 0. The lowest BCUT2D eigenvalue weighted by Gasteiger charge is -2.11. The van der Waals surface area contributed by atoms with Crippen molar-refractivity contribution in [1.82, 2.24) is 4.98 Å². The van der Waals surface area contributed by atoms with Crippen LogP contribution < -0.4 is 4.90 Å². The van der Waals surface area contributed by atoms with Crippen molar-refractivity contribution < 1.29 is 9.59 Å². The van der Waals surface area contributed by atoms with Gasteiger partial charge >= 0.3 is 0 Å². The first-order valence-electron chi connectivity index (χ1n) is 7.90. The second kappa shape index (κ2) is 5.83. The van der Waals surface area contributed by atoms with Crippen molar-refractivity contribution in [2.24, 2.45) is 5.92 Å². The van der Waals surface area contributed by atoms with Crippen LogP contribution in [0.25, 0.3) is 10.2 Å². The summed E-state index contributed by atoms with van der Waals surface area (Å²) in [7, 11) is 0. The number of carbonyl (C=O) groups is 2. The number of rotatable bonds is 3. The van der Waals surface area contributed by atoms with Gasteiger partial charge in [0.15, 0.2) is 5.13 Å². The lowest BCUT2D eigenvalue weighted by atomic mass is 9.98. The van der Waals surface area contributed by atoms with Crippen LogP contribution in [0.3, 0.4) is 0 Å². The van der Waals surface area contributed by atoms with Crippen molar-refractivity contribution >= 4 is 38.5 Å². The van der Waals surface area contributed by atoms with E-state index in [1.807, 2.05) is 55.5 Å². The van der Waals surface area contributed by atoms with Gasteiger partial charge in [-0.1, -0.05) is 47.7 Å². The Labute approximate surface area is 143 Å². The summed E-state index contributed by atoms with van der Waals surface area (Å²) in [5.74, 6) is -0.593. The highest BCUT2D eigenvalue weighted by atomic mass is 32.1. The van der Waals surface area contributed by atoms with E-state index in [1.54, 1.807) is 0 Å². The highest BCUT2D eigenvalue weighted by Crippen LogP contribution is 2.34. The molecule has 1 fully saturated rings. The van der Waals surface area contributed by atoms with Crippen LogP contribution in [-0.2, 0) is 16.0 Å². The quantitative estimate of drug-likeness (QED) is 0.685. The van der Waals surface area contributed by atoms with Crippen LogP contribution in [0.15, 0.2) is 48.5 Å². The first-order valence-corrected chi connectivity index (χ1v) is 8.71. The maximum atomic E-state index is 12.7. The summed E-state index contributed by atoms with van der Waals surface area (Å²) in [6.07, 6.45) is 0.842. The van der Waals surface area contributed by atoms with E-state index in [4.69, 9.17) is 0 Å². The van der Waals surface area contributed by atoms with Gasteiger partial charge in [0.2, 0.25) is 11.8 Å². The van der Waals surface area contributed by atoms with Crippen molar-refractivity contribution in [2.75, 3.05) is 4.90 Å². The monoisotopic (exact) mass is 336 g/mol. The smallest absolute Gasteiger partial charge is 0.239 e. The molecule has 4 nitrogen and oxygen atoms in total. The minimum absolute atomic E-state index is 0.139. The molecule has 0 spiro atoms. The number of carbonyl (C=O) groups excluding carboxylic acids is 2. The van der Waals surface area contributed by atoms with Gasteiger partial charge in [0.1, 0.15) is 0 Å². The normalized spacial score (nSPS) is 17.9. The van der Waals surface area contributed by atoms with Gasteiger partial charge in [-0.15, -0.1) is 0 Å². The van der Waals surface area contributed by atoms with Gasteiger partial charge < -0.3 is 0 Å². The molecule has 24 heavy (non-hydrogen) atoms. The molecule has 0 bridgehead atoms. The molecular weight excluding hydrogens is 320 g/mol. The van der Waals surface area contributed by atoms with Crippen LogP contribution in [0, 0.1) is 12.8 Å². The maximum Gasteiger partial charge on any atom is 0.239 e. The largest absolute Gasteiger partial charge is 0.274 e. The number of thiazole rings is 1. The number of amides is 2. The summed E-state index contributed by atoms with van der Waals surface area (Å²) in [5, 5.41) is 0.487. The van der Waals surface area contributed by atoms with Crippen molar-refractivity contribution in [3.63, 3.8) is 0 Å². The average Bonchev–Trinajstić information content (AvgIpc) is 3.08. The highest BCUT2D eigenvalue weighted by molar-refractivity contribution is 7.22. The van der Waals surface area contributed by atoms with Crippen LogP contribution >= 0.6 is 11.3 Å². The molecule has 1 saturated heterocycles. The van der Waals surface area contributed by atoms with Crippen LogP contribution in [0.4, 0.5) is 5.13 Å². The average molecular weight is 336 g/mol. The number of hydrogen-bond acceptors (Lipinski definition) is 4. The molecule has 0 unspecified atom stereocenters. The molecule has 0 aliphatic carbocycles. The Morgan fingerprint density at radius 1 is 1.17 bits per heavy atom. The standard InChI is InChI=1S/C19H16N2O2S/c1-12-7-8-16-15(9-12)20-19(24-16)21-17(22)11-14(18(21)23)10-13-5-3-2-4-6-13/h2-9,14H,10-11H2,1H3/t14-/m1/s1. The summed E-state index contributed by atoms with van der Waals surface area (Å²) >= 11 is 1.39. The second-order valence-electron chi connectivity index (χ2n) is 6.13. The van der Waals surface area contributed by atoms with E-state index in [0.29, 0.717) is 11.6 Å². The molecule has 1 aliphatic rings. The molecule has 2 heterocycles. The lowest BCUT2D eigenvalue weighted by molar-refractivity contribution is -0.122. The Kier molecular flexibility index (Phi) is 3.65. The van der Waals surface area contributed by atoms with E-state index < -0.39 is 0 Å². The maximum absolute atomic E-state index is 12.7. The Hall–Kier alpha value is -2.53. The van der Waals surface area contributed by atoms with Crippen LogP contribution in [0.1, 0.15) is 17.5 Å². The SMILES string of the molecule is Cc1ccc2sc(N3C(=O)C[C@@H](Cc4ccccc4)C3=O)nc2c1. The third-order valence-corrected chi connectivity index (χ3v) is 5.31. The van der Waals surface area contributed by atoms with E-state index >= 15 is 0 Å². The molecule has 3 aromatic rings. The van der Waals surface area contributed by atoms with E-state index in [9.17, 15) is 9.59 Å². The van der Waals surface area contributed by atoms with Gasteiger partial charge in [-0.25, -0.2) is 9.88 Å². The van der Waals surface area contributed by atoms with Crippen molar-refractivity contribution in [2.45, 2.75) is 19.8 Å². The fraction of sp³-hybridized carbons (Fsp3) is 0.211. The van der Waals surface area contributed by atoms with Gasteiger partial charge in [0.05, 0.1) is 16.1 Å². The molecule has 2 aromatic carbocycles. The molecule has 1 aromatic heterocycles. The van der Waals surface area contributed by atoms with Gasteiger partial charge in [0, 0.05) is 6.42 Å². The molecule has 0 radical (unpaired) electrons. The first-order chi connectivity index (χ1) is 11.6. The predicted octanol–water partition coefficient (Wildman–Crippen LogP) is 3.73. The van der Waals surface area contributed by atoms with Crippen LogP contribution in [0.2, 0.25) is 0 Å². The predicted molar refractivity (Wildman–Crippen MR) is 95.1 cm³/mol. The number of fused-ring (bicyclic) bond motifs is 1. The summed E-state index contributed by atoms with van der Waals surface area (Å²) < 4.78 is 0.989. The van der Waals surface area contributed by atoms with Crippen LogP contribution in [-0.4, -0.2) is 16.8 Å². The number of anilines is 1. The Morgan fingerprint density at radius 3 is 2.75 bits per heavy atom. The number of aromatic nitrogens is 1. The Balaban J connectivity index is 1.63. The molecular formula is C19H16N2O2S. The van der Waals surface area contributed by atoms with E-state index in [-0.39, 0.29) is 24.2 Å². The topological polar surface area (TPSA) is 50.3 Å². The number of benzene rings is 2. The molecule has 120 valence electrons. The highest BCUT2D eigenvalue weighted by Gasteiger charge is 2.40. The Morgan fingerprint density at radius 2 is 1.96 bits per heavy atom. The summed E-state index contributed by atoms with van der Waals surface area (Å²) in [6, 6.07) is 15.8. The van der Waals surface area contributed by atoms with Gasteiger partial charge in [-0.2, -0.15) is 0 Å². The molecule has 2 amide bonds. The molecule has 0 saturated carbocycles. The number of imide groups is 1. The van der Waals surface area contributed by atoms with Gasteiger partial charge in [0.25, 0.3) is 0 Å². The molecule has 4 rings (SSSR count). The summed E-state index contributed by atoms with van der Waals surface area (Å²) in [6.45, 7) is 2.00. The third-order valence-electron chi connectivity index (χ3n) is 4.29. The first kappa shape index (κ1) is 15.0. The molecule has 0 N–H and O–H groups in total. The van der Waals surface area contributed by atoms with Crippen molar-refractivity contribution in [3.8, 4) is 0 Å². The van der Waals surface area contributed by atoms with Crippen molar-refractivity contribution in [3.05, 3.63) is 59.7 Å². The minimum Gasteiger partial charge on any atom is -0.274 e. The molecule has 1 aliphatic heterocycles. The Bertz CT molecular complexity index is 933. The fourth-order valence-corrected chi connectivity index (χ4v) is 4.04. The zero-order valence-corrected chi connectivity index (χ0v) is 14.0. The molecule has 1 atom stereocenters. The second-order valence-corrected chi connectivity index (χ2v) is 7.13. The zero-order chi connectivity index (χ0) is 16.7. The third kappa shape index (κ3) is 2.61. The van der Waals surface area contributed by atoms with Gasteiger partial charge in [-0.05, 0) is 36.6 Å². The van der Waals surface area contributed by atoms with Gasteiger partial charge in [-0.3, -0.25) is 9.59 Å². The number of aryl methyl sites for hydroxylation is 1. The van der Waals surface area contributed by atoms with E-state index in [2.05, 4.69) is 4.98 Å². The summed E-state index contributed by atoms with van der Waals surface area (Å²) in [5.41, 5.74) is 3.02. The van der Waals surface area contributed by atoms with E-state index in [1.165, 1.54) is 16.2 Å². The van der Waals surface area contributed by atoms with E-state index in [0.717, 1.165) is 21.3 Å². The van der Waals surface area contributed by atoms with Crippen LogP contribution in [0.5, 0.6) is 0 Å². The fourth-order valence-electron chi connectivity index (χ4n) is 3.07.